The Bertz CT molecular complexity index is 1010. The van der Waals surface area contributed by atoms with Crippen molar-refractivity contribution < 1.29 is 14.3 Å². The molecule has 0 radical (unpaired) electrons. The second-order valence-electron chi connectivity index (χ2n) is 9.83. The van der Waals surface area contributed by atoms with Gasteiger partial charge in [0.05, 0.1) is 19.8 Å². The van der Waals surface area contributed by atoms with E-state index in [2.05, 4.69) is 37.7 Å². The third kappa shape index (κ3) is 5.51. The van der Waals surface area contributed by atoms with Gasteiger partial charge in [-0.2, -0.15) is 15.1 Å². The number of aromatic amines is 1. The lowest BCUT2D eigenvalue weighted by molar-refractivity contribution is -0.125. The van der Waals surface area contributed by atoms with Gasteiger partial charge < -0.3 is 25.0 Å². The van der Waals surface area contributed by atoms with E-state index in [0.717, 1.165) is 31.4 Å². The first-order valence-corrected chi connectivity index (χ1v) is 12.7. The highest BCUT2D eigenvalue weighted by Gasteiger charge is 2.40. The summed E-state index contributed by atoms with van der Waals surface area (Å²) in [5.41, 5.74) is 0.966. The minimum atomic E-state index is 0.0143. The smallest absolute Gasteiger partial charge is 0.234 e. The van der Waals surface area contributed by atoms with Crippen LogP contribution in [0, 0.1) is 6.92 Å². The van der Waals surface area contributed by atoms with E-state index in [-0.39, 0.29) is 12.0 Å². The lowest BCUT2D eigenvalue weighted by Crippen LogP contribution is -2.58. The van der Waals surface area contributed by atoms with Crippen molar-refractivity contribution in [1.82, 2.24) is 30.4 Å². The number of ether oxygens (including phenoxy) is 2. The van der Waals surface area contributed by atoms with Gasteiger partial charge in [-0.25, -0.2) is 0 Å². The van der Waals surface area contributed by atoms with Gasteiger partial charge in [0.15, 0.2) is 5.82 Å². The van der Waals surface area contributed by atoms with E-state index in [1.807, 2.05) is 26.0 Å². The van der Waals surface area contributed by atoms with E-state index in [1.165, 1.54) is 6.42 Å². The molecule has 2 bridgehead atoms. The molecule has 11 heteroatoms. The van der Waals surface area contributed by atoms with E-state index >= 15 is 0 Å². The van der Waals surface area contributed by atoms with Crippen LogP contribution >= 0.6 is 0 Å². The highest BCUT2D eigenvalue weighted by molar-refractivity contribution is 5.78. The Labute approximate surface area is 206 Å². The molecule has 5 rings (SSSR count). The van der Waals surface area contributed by atoms with E-state index < -0.39 is 0 Å². The number of rotatable bonds is 9. The van der Waals surface area contributed by atoms with Crippen molar-refractivity contribution in [1.29, 1.82) is 0 Å². The molecular formula is C24H36N8O3. The summed E-state index contributed by atoms with van der Waals surface area (Å²) < 4.78 is 11.3. The number of anilines is 3. The zero-order chi connectivity index (χ0) is 24.4. The predicted octanol–water partition coefficient (Wildman–Crippen LogP) is 1.99. The molecule has 190 valence electrons. The average Bonchev–Trinajstić information content (AvgIpc) is 3.20. The molecule has 3 saturated heterocycles. The molecule has 3 atom stereocenters. The molecular weight excluding hydrogens is 448 g/mol. The maximum Gasteiger partial charge on any atom is 0.234 e. The lowest BCUT2D eigenvalue weighted by atomic mass is 9.81. The summed E-state index contributed by atoms with van der Waals surface area (Å²) in [6, 6.07) is 4.82. The monoisotopic (exact) mass is 484 g/mol. The van der Waals surface area contributed by atoms with Crippen molar-refractivity contribution in [3.8, 4) is 5.88 Å². The first-order valence-electron chi connectivity index (χ1n) is 12.7. The predicted molar refractivity (Wildman–Crippen MR) is 132 cm³/mol. The Morgan fingerprint density at radius 1 is 1.23 bits per heavy atom. The van der Waals surface area contributed by atoms with Crippen LogP contribution in [0.2, 0.25) is 0 Å². The Morgan fingerprint density at radius 2 is 2.00 bits per heavy atom. The summed E-state index contributed by atoms with van der Waals surface area (Å²) in [4.78, 5) is 26.5. The quantitative estimate of drug-likeness (QED) is 0.491. The van der Waals surface area contributed by atoms with Crippen LogP contribution < -0.4 is 20.3 Å². The summed E-state index contributed by atoms with van der Waals surface area (Å²) in [6.45, 7) is 6.22. The van der Waals surface area contributed by atoms with Gasteiger partial charge in [-0.1, -0.05) is 6.42 Å². The second-order valence-corrected chi connectivity index (χ2v) is 9.83. The first-order chi connectivity index (χ1) is 17.0. The Hall–Kier alpha value is -2.92. The highest BCUT2D eigenvalue weighted by atomic mass is 16.6. The topological polar surface area (TPSA) is 121 Å². The number of aryl methyl sites for hydroxylation is 1. The van der Waals surface area contributed by atoms with Gasteiger partial charge in [0, 0.05) is 49.5 Å². The van der Waals surface area contributed by atoms with Gasteiger partial charge in [-0.3, -0.25) is 14.8 Å². The molecule has 3 aliphatic heterocycles. The van der Waals surface area contributed by atoms with Crippen molar-refractivity contribution in [3.63, 3.8) is 0 Å². The number of nitrogens with zero attached hydrogens (tertiary/aromatic N) is 5. The average molecular weight is 485 g/mol. The first kappa shape index (κ1) is 23.8. The Morgan fingerprint density at radius 3 is 2.63 bits per heavy atom. The van der Waals surface area contributed by atoms with Crippen LogP contribution in [0.15, 0.2) is 12.1 Å². The van der Waals surface area contributed by atoms with E-state index in [0.29, 0.717) is 67.9 Å². The van der Waals surface area contributed by atoms with E-state index in [9.17, 15) is 4.79 Å². The van der Waals surface area contributed by atoms with Crippen molar-refractivity contribution in [2.24, 2.45) is 0 Å². The largest absolute Gasteiger partial charge is 0.469 e. The number of aromatic nitrogens is 4. The number of hydrogen-bond donors (Lipinski definition) is 3. The number of fused-ring (bicyclic) bond motifs is 2. The fourth-order valence-electron chi connectivity index (χ4n) is 5.37. The number of carbonyl (C=O) groups excluding carboxylic acids is 1. The van der Waals surface area contributed by atoms with E-state index in [1.54, 1.807) is 0 Å². The van der Waals surface area contributed by atoms with Gasteiger partial charge in [0.2, 0.25) is 17.7 Å². The molecule has 1 amide bonds. The molecule has 0 saturated carbocycles. The number of hydrogen-bond acceptors (Lipinski definition) is 9. The normalized spacial score (nSPS) is 24.5. The van der Waals surface area contributed by atoms with E-state index in [4.69, 9.17) is 19.4 Å². The summed E-state index contributed by atoms with van der Waals surface area (Å²) in [6.07, 6.45) is 5.45. The maximum atomic E-state index is 12.3. The molecule has 3 fully saturated rings. The molecule has 0 aromatic carbocycles. The minimum Gasteiger partial charge on any atom is -0.469 e. The van der Waals surface area contributed by atoms with Gasteiger partial charge >= 0.3 is 0 Å². The maximum absolute atomic E-state index is 12.3. The zero-order valence-electron chi connectivity index (χ0n) is 20.8. The molecule has 5 heterocycles. The SMILES string of the molecule is CCNC(=O)CN1[C@@H]2CCC[C@H]1C[C@H](N(C)c1nc(Nc3cc(C)[nH]n3)cc(OC3COC3)n1)C2. The lowest BCUT2D eigenvalue weighted by Gasteiger charge is -2.50. The highest BCUT2D eigenvalue weighted by Crippen LogP contribution is 2.36. The standard InChI is InChI=1S/C24H36N8O3/c1-4-25-22(33)12-32-16-6-5-7-17(32)10-18(9-16)31(3)24-27-20(26-21-8-15(2)29-30-21)11-23(28-24)35-19-13-34-14-19/h8,11,16-19H,4-7,9-10,12-14H2,1-3H3,(H,25,33)(H2,26,27,28,29,30)/t16-,17+,18-. The van der Waals surface area contributed by atoms with Gasteiger partial charge in [-0.05, 0) is 39.5 Å². The molecule has 0 aliphatic carbocycles. The van der Waals surface area contributed by atoms with Crippen molar-refractivity contribution in [2.45, 2.75) is 70.2 Å². The Balaban J connectivity index is 1.34. The summed E-state index contributed by atoms with van der Waals surface area (Å²) in [5.74, 6) is 2.60. The zero-order valence-corrected chi connectivity index (χ0v) is 20.8. The minimum absolute atomic E-state index is 0.0143. The molecule has 35 heavy (non-hydrogen) atoms. The molecule has 0 unspecified atom stereocenters. The number of nitrogens with one attached hydrogen (secondary N) is 3. The summed E-state index contributed by atoms with van der Waals surface area (Å²) in [5, 5.41) is 13.4. The van der Waals surface area contributed by atoms with Crippen LogP contribution in [-0.4, -0.2) is 88.6 Å². The number of amides is 1. The molecule has 11 nitrogen and oxygen atoms in total. The number of piperidine rings is 2. The van der Waals surface area contributed by atoms with Crippen LogP contribution in [0.1, 0.15) is 44.7 Å². The van der Waals surface area contributed by atoms with Gasteiger partial charge in [-0.15, -0.1) is 0 Å². The third-order valence-corrected chi connectivity index (χ3v) is 7.21. The van der Waals surface area contributed by atoms with Crippen LogP contribution in [0.5, 0.6) is 5.88 Å². The molecule has 3 aliphatic rings. The van der Waals surface area contributed by atoms with Crippen LogP contribution in [0.4, 0.5) is 17.6 Å². The molecule has 2 aromatic rings. The van der Waals surface area contributed by atoms with Crippen LogP contribution in [0.25, 0.3) is 0 Å². The van der Waals surface area contributed by atoms with Crippen molar-refractivity contribution >= 4 is 23.5 Å². The molecule has 3 N–H and O–H groups in total. The fraction of sp³-hybridized carbons (Fsp3) is 0.667. The van der Waals surface area contributed by atoms with Gasteiger partial charge in [0.25, 0.3) is 0 Å². The summed E-state index contributed by atoms with van der Waals surface area (Å²) in [7, 11) is 2.06. The fourth-order valence-corrected chi connectivity index (χ4v) is 5.37. The molecule has 2 aromatic heterocycles. The number of likely N-dealkylation sites (N-methyl/N-ethyl adjacent to an activating group) is 1. The van der Waals surface area contributed by atoms with Crippen LogP contribution in [0.3, 0.4) is 0 Å². The summed E-state index contributed by atoms with van der Waals surface area (Å²) >= 11 is 0. The molecule has 0 spiro atoms. The number of carbonyl (C=O) groups is 1. The Kier molecular flexibility index (Phi) is 7.05. The van der Waals surface area contributed by atoms with Crippen LogP contribution in [-0.2, 0) is 9.53 Å². The van der Waals surface area contributed by atoms with Gasteiger partial charge in [0.1, 0.15) is 11.9 Å². The third-order valence-electron chi connectivity index (χ3n) is 7.21. The van der Waals surface area contributed by atoms with Crippen molar-refractivity contribution in [3.05, 3.63) is 17.8 Å². The van der Waals surface area contributed by atoms with Crippen molar-refractivity contribution in [2.75, 3.05) is 43.6 Å². The second kappa shape index (κ2) is 10.4. The number of H-pyrrole nitrogens is 1.